The van der Waals surface area contributed by atoms with Crippen molar-refractivity contribution in [3.63, 3.8) is 0 Å². The minimum atomic E-state index is -0.210. The molecular formula is C18H22FNO. The number of ether oxygens (including phenoxy) is 1. The zero-order valence-corrected chi connectivity index (χ0v) is 12.8. The Kier molecular flexibility index (Phi) is 5.34. The second-order valence-corrected chi connectivity index (χ2v) is 5.21. The molecule has 21 heavy (non-hydrogen) atoms. The molecule has 0 heterocycles. The largest absolute Gasteiger partial charge is 0.489 e. The highest BCUT2D eigenvalue weighted by molar-refractivity contribution is 5.30. The molecule has 3 heteroatoms. The van der Waals surface area contributed by atoms with Crippen LogP contribution in [0.15, 0.2) is 42.5 Å². The van der Waals surface area contributed by atoms with E-state index < -0.39 is 0 Å². The molecule has 0 fully saturated rings. The smallest absolute Gasteiger partial charge is 0.123 e. The summed E-state index contributed by atoms with van der Waals surface area (Å²) in [6.45, 7) is 7.53. The van der Waals surface area contributed by atoms with Crippen LogP contribution in [0, 0.1) is 12.7 Å². The van der Waals surface area contributed by atoms with Crippen LogP contribution in [0.1, 0.15) is 36.6 Å². The predicted octanol–water partition coefficient (Wildman–Crippen LogP) is 4.38. The van der Waals surface area contributed by atoms with Crippen molar-refractivity contribution >= 4 is 0 Å². The van der Waals surface area contributed by atoms with E-state index in [1.807, 2.05) is 19.1 Å². The molecule has 112 valence electrons. The Hall–Kier alpha value is -1.87. The van der Waals surface area contributed by atoms with E-state index in [4.69, 9.17) is 4.74 Å². The van der Waals surface area contributed by atoms with Crippen LogP contribution in [-0.2, 0) is 6.61 Å². The average Bonchev–Trinajstić information content (AvgIpc) is 2.47. The fourth-order valence-electron chi connectivity index (χ4n) is 2.26. The average molecular weight is 287 g/mol. The Balaban J connectivity index is 1.97. The molecule has 0 saturated heterocycles. The van der Waals surface area contributed by atoms with Crippen LogP contribution in [0.4, 0.5) is 4.39 Å². The molecular weight excluding hydrogens is 265 g/mol. The standard InChI is InChI=1S/C18H22FNO/c1-4-20-14(3)15-6-9-18(10-7-15)21-12-16-5-8-17(19)11-13(16)2/h5-11,14,20H,4,12H2,1-3H3. The van der Waals surface area contributed by atoms with Crippen molar-refractivity contribution in [3.05, 3.63) is 65.0 Å². The van der Waals surface area contributed by atoms with Crippen LogP contribution in [0.2, 0.25) is 0 Å². The van der Waals surface area contributed by atoms with E-state index in [0.717, 1.165) is 23.4 Å². The summed E-state index contributed by atoms with van der Waals surface area (Å²) in [5.74, 6) is 0.615. The molecule has 2 aromatic carbocycles. The van der Waals surface area contributed by atoms with E-state index in [9.17, 15) is 4.39 Å². The third-order valence-electron chi connectivity index (χ3n) is 3.59. The van der Waals surface area contributed by atoms with Gasteiger partial charge >= 0.3 is 0 Å². The number of benzene rings is 2. The summed E-state index contributed by atoms with van der Waals surface area (Å²) in [5, 5.41) is 3.38. The van der Waals surface area contributed by atoms with E-state index in [2.05, 4.69) is 31.3 Å². The van der Waals surface area contributed by atoms with E-state index in [1.165, 1.54) is 17.7 Å². The van der Waals surface area contributed by atoms with Crippen LogP contribution in [0.25, 0.3) is 0 Å². The first-order valence-electron chi connectivity index (χ1n) is 7.31. The Bertz CT molecular complexity index is 580. The molecule has 0 aliphatic carbocycles. The molecule has 2 rings (SSSR count). The van der Waals surface area contributed by atoms with E-state index in [0.29, 0.717) is 12.6 Å². The maximum Gasteiger partial charge on any atom is 0.123 e. The first-order valence-corrected chi connectivity index (χ1v) is 7.31. The molecule has 0 spiro atoms. The molecule has 0 saturated carbocycles. The van der Waals surface area contributed by atoms with Gasteiger partial charge in [-0.15, -0.1) is 0 Å². The molecule has 0 aromatic heterocycles. The molecule has 1 unspecified atom stereocenters. The van der Waals surface area contributed by atoms with Gasteiger partial charge in [-0.05, 0) is 61.3 Å². The van der Waals surface area contributed by atoms with E-state index in [-0.39, 0.29) is 5.82 Å². The highest BCUT2D eigenvalue weighted by atomic mass is 19.1. The van der Waals surface area contributed by atoms with Gasteiger partial charge in [0.2, 0.25) is 0 Å². The van der Waals surface area contributed by atoms with Crippen LogP contribution >= 0.6 is 0 Å². The first-order chi connectivity index (χ1) is 10.1. The second kappa shape index (κ2) is 7.23. The van der Waals surface area contributed by atoms with Crippen molar-refractivity contribution in [2.75, 3.05) is 6.54 Å². The quantitative estimate of drug-likeness (QED) is 0.851. The maximum atomic E-state index is 13.0. The normalized spacial score (nSPS) is 12.2. The van der Waals surface area contributed by atoms with Gasteiger partial charge in [0.25, 0.3) is 0 Å². The van der Waals surface area contributed by atoms with Gasteiger partial charge in [0.1, 0.15) is 18.2 Å². The predicted molar refractivity (Wildman–Crippen MR) is 84.0 cm³/mol. The van der Waals surface area contributed by atoms with Gasteiger partial charge < -0.3 is 10.1 Å². The number of halogens is 1. The fourth-order valence-corrected chi connectivity index (χ4v) is 2.26. The van der Waals surface area contributed by atoms with Crippen molar-refractivity contribution in [3.8, 4) is 5.75 Å². The highest BCUT2D eigenvalue weighted by Crippen LogP contribution is 2.19. The fraction of sp³-hybridized carbons (Fsp3) is 0.333. The zero-order chi connectivity index (χ0) is 15.2. The topological polar surface area (TPSA) is 21.3 Å². The van der Waals surface area contributed by atoms with Crippen LogP contribution in [-0.4, -0.2) is 6.54 Å². The summed E-state index contributed by atoms with van der Waals surface area (Å²) >= 11 is 0. The molecule has 2 nitrogen and oxygen atoms in total. The van der Waals surface area contributed by atoms with Gasteiger partial charge in [0, 0.05) is 6.04 Å². The molecule has 2 aromatic rings. The van der Waals surface area contributed by atoms with Crippen molar-refractivity contribution in [1.29, 1.82) is 0 Å². The minimum absolute atomic E-state index is 0.210. The van der Waals surface area contributed by atoms with E-state index >= 15 is 0 Å². The molecule has 0 bridgehead atoms. The second-order valence-electron chi connectivity index (χ2n) is 5.21. The third-order valence-corrected chi connectivity index (χ3v) is 3.59. The lowest BCUT2D eigenvalue weighted by Crippen LogP contribution is -2.17. The summed E-state index contributed by atoms with van der Waals surface area (Å²) in [6.07, 6.45) is 0. The zero-order valence-electron chi connectivity index (χ0n) is 12.8. The molecule has 1 atom stereocenters. The SMILES string of the molecule is CCNC(C)c1ccc(OCc2ccc(F)cc2C)cc1. The highest BCUT2D eigenvalue weighted by Gasteiger charge is 2.05. The summed E-state index contributed by atoms with van der Waals surface area (Å²) in [5.41, 5.74) is 3.15. The van der Waals surface area contributed by atoms with E-state index in [1.54, 1.807) is 6.07 Å². The molecule has 1 N–H and O–H groups in total. The number of aryl methyl sites for hydroxylation is 1. The Labute approximate surface area is 126 Å². The van der Waals surface area contributed by atoms with Crippen LogP contribution in [0.3, 0.4) is 0 Å². The monoisotopic (exact) mass is 287 g/mol. The molecule has 0 amide bonds. The number of hydrogen-bond acceptors (Lipinski definition) is 2. The Morgan fingerprint density at radius 1 is 1.14 bits per heavy atom. The summed E-state index contributed by atoms with van der Waals surface area (Å²) in [6, 6.07) is 13.2. The van der Waals surface area contributed by atoms with Gasteiger partial charge in [-0.1, -0.05) is 25.1 Å². The number of hydrogen-bond donors (Lipinski definition) is 1. The lowest BCUT2D eigenvalue weighted by molar-refractivity contribution is 0.305. The Morgan fingerprint density at radius 2 is 1.86 bits per heavy atom. The maximum absolute atomic E-state index is 13.0. The van der Waals surface area contributed by atoms with Gasteiger partial charge in [-0.3, -0.25) is 0 Å². The first kappa shape index (κ1) is 15.5. The van der Waals surface area contributed by atoms with Crippen molar-refractivity contribution in [1.82, 2.24) is 5.32 Å². The number of rotatable bonds is 6. The summed E-state index contributed by atoms with van der Waals surface area (Å²) in [7, 11) is 0. The molecule has 0 radical (unpaired) electrons. The van der Waals surface area contributed by atoms with Crippen molar-refractivity contribution < 1.29 is 9.13 Å². The third kappa shape index (κ3) is 4.30. The number of nitrogens with one attached hydrogen (secondary N) is 1. The molecule has 0 aliphatic heterocycles. The lowest BCUT2D eigenvalue weighted by Gasteiger charge is -2.14. The molecule has 0 aliphatic rings. The van der Waals surface area contributed by atoms with Crippen LogP contribution < -0.4 is 10.1 Å². The van der Waals surface area contributed by atoms with Gasteiger partial charge in [0.15, 0.2) is 0 Å². The van der Waals surface area contributed by atoms with Crippen molar-refractivity contribution in [2.45, 2.75) is 33.4 Å². The summed E-state index contributed by atoms with van der Waals surface area (Å²) < 4.78 is 18.8. The van der Waals surface area contributed by atoms with Gasteiger partial charge in [0.05, 0.1) is 0 Å². The summed E-state index contributed by atoms with van der Waals surface area (Å²) in [4.78, 5) is 0. The lowest BCUT2D eigenvalue weighted by atomic mass is 10.1. The van der Waals surface area contributed by atoms with Crippen LogP contribution in [0.5, 0.6) is 5.75 Å². The Morgan fingerprint density at radius 3 is 2.48 bits per heavy atom. The minimum Gasteiger partial charge on any atom is -0.489 e. The van der Waals surface area contributed by atoms with Gasteiger partial charge in [-0.2, -0.15) is 0 Å². The van der Waals surface area contributed by atoms with Gasteiger partial charge in [-0.25, -0.2) is 4.39 Å². The van der Waals surface area contributed by atoms with Crippen molar-refractivity contribution in [2.24, 2.45) is 0 Å².